The summed E-state index contributed by atoms with van der Waals surface area (Å²) in [5.41, 5.74) is 1.36. The number of aromatic amines is 1. The molecule has 1 saturated carbocycles. The number of H-pyrrole nitrogens is 1. The molecule has 1 N–H and O–H groups in total. The van der Waals surface area contributed by atoms with E-state index >= 15 is 0 Å². The van der Waals surface area contributed by atoms with Crippen LogP contribution in [0.5, 0.6) is 5.75 Å². The van der Waals surface area contributed by atoms with Crippen LogP contribution in [-0.4, -0.2) is 33.5 Å². The van der Waals surface area contributed by atoms with Gasteiger partial charge in [0, 0.05) is 24.7 Å². The molecule has 1 aliphatic carbocycles. The lowest BCUT2D eigenvalue weighted by molar-refractivity contribution is 0.0730. The van der Waals surface area contributed by atoms with E-state index in [1.165, 1.54) is 4.57 Å². The number of amides is 1. The molecule has 0 unspecified atom stereocenters. The Morgan fingerprint density at radius 2 is 1.90 bits per heavy atom. The number of rotatable bonds is 6. The van der Waals surface area contributed by atoms with Gasteiger partial charge in [0.05, 0.1) is 18.1 Å². The molecule has 7 nitrogen and oxygen atoms in total. The number of carbonyl (C=O) groups excluding carboxylic acids is 1. The zero-order chi connectivity index (χ0) is 20.5. The van der Waals surface area contributed by atoms with E-state index in [1.54, 1.807) is 25.3 Å². The molecule has 1 aromatic heterocycles. The SMILES string of the molecule is CCn1c(=O)c(=O)[nH]c2cc(C(=O)N(Cc3ccc(OC)cc3)C3CC3)ccc21. The van der Waals surface area contributed by atoms with Crippen LogP contribution in [0.1, 0.15) is 35.7 Å². The second-order valence-corrected chi connectivity index (χ2v) is 7.25. The highest BCUT2D eigenvalue weighted by molar-refractivity contribution is 5.97. The Morgan fingerprint density at radius 3 is 2.52 bits per heavy atom. The van der Waals surface area contributed by atoms with E-state index in [0.29, 0.717) is 29.7 Å². The van der Waals surface area contributed by atoms with Crippen LogP contribution in [0.15, 0.2) is 52.1 Å². The number of nitrogens with zero attached hydrogens (tertiary/aromatic N) is 2. The Bertz CT molecular complexity index is 1170. The molecule has 150 valence electrons. The molecule has 1 amide bonds. The van der Waals surface area contributed by atoms with Crippen LogP contribution in [-0.2, 0) is 13.1 Å². The Hall–Kier alpha value is -3.35. The van der Waals surface area contributed by atoms with Gasteiger partial charge in [-0.25, -0.2) is 0 Å². The fourth-order valence-electron chi connectivity index (χ4n) is 3.57. The van der Waals surface area contributed by atoms with E-state index in [-0.39, 0.29) is 11.9 Å². The number of hydrogen-bond acceptors (Lipinski definition) is 4. The average Bonchev–Trinajstić information content (AvgIpc) is 3.58. The molecule has 0 atom stereocenters. The van der Waals surface area contributed by atoms with E-state index in [1.807, 2.05) is 36.1 Å². The minimum absolute atomic E-state index is 0.0830. The molecule has 1 fully saturated rings. The lowest BCUT2D eigenvalue weighted by Gasteiger charge is -2.23. The summed E-state index contributed by atoms with van der Waals surface area (Å²) >= 11 is 0. The molecule has 3 aromatic rings. The van der Waals surface area contributed by atoms with E-state index in [4.69, 9.17) is 4.74 Å². The highest BCUT2D eigenvalue weighted by atomic mass is 16.5. The first-order valence-electron chi connectivity index (χ1n) is 9.72. The van der Waals surface area contributed by atoms with Crippen LogP contribution >= 0.6 is 0 Å². The summed E-state index contributed by atoms with van der Waals surface area (Å²) in [6.45, 7) is 2.71. The summed E-state index contributed by atoms with van der Waals surface area (Å²) in [6, 6.07) is 13.0. The Balaban J connectivity index is 1.67. The molecule has 29 heavy (non-hydrogen) atoms. The summed E-state index contributed by atoms with van der Waals surface area (Å²) < 4.78 is 6.61. The van der Waals surface area contributed by atoms with Gasteiger partial charge in [0.15, 0.2) is 0 Å². The minimum atomic E-state index is -0.679. The van der Waals surface area contributed by atoms with Crippen molar-refractivity contribution in [2.45, 2.75) is 38.9 Å². The van der Waals surface area contributed by atoms with Crippen molar-refractivity contribution >= 4 is 16.9 Å². The van der Waals surface area contributed by atoms with Crippen molar-refractivity contribution in [3.8, 4) is 5.75 Å². The predicted molar refractivity (Wildman–Crippen MR) is 110 cm³/mol. The van der Waals surface area contributed by atoms with Crippen molar-refractivity contribution in [3.05, 3.63) is 74.3 Å². The second-order valence-electron chi connectivity index (χ2n) is 7.25. The molecule has 0 aliphatic heterocycles. The van der Waals surface area contributed by atoms with Crippen LogP contribution in [0.4, 0.5) is 0 Å². The van der Waals surface area contributed by atoms with Gasteiger partial charge in [-0.3, -0.25) is 14.4 Å². The first kappa shape index (κ1) is 19.0. The van der Waals surface area contributed by atoms with Gasteiger partial charge in [0.25, 0.3) is 5.91 Å². The van der Waals surface area contributed by atoms with Crippen molar-refractivity contribution < 1.29 is 9.53 Å². The standard InChI is InChI=1S/C22H23N3O4/c1-3-24-19-11-6-15(12-18(19)23-20(26)22(24)28)21(27)25(16-7-8-16)13-14-4-9-17(29-2)10-5-14/h4-6,9-12,16H,3,7-8,13H2,1-2H3,(H,23,26). The third-order valence-electron chi connectivity index (χ3n) is 5.30. The lowest BCUT2D eigenvalue weighted by Crippen LogP contribution is -2.36. The number of methoxy groups -OCH3 is 1. The van der Waals surface area contributed by atoms with E-state index in [2.05, 4.69) is 4.98 Å². The van der Waals surface area contributed by atoms with Crippen LogP contribution in [0.2, 0.25) is 0 Å². The van der Waals surface area contributed by atoms with Gasteiger partial charge < -0.3 is 19.2 Å². The fraction of sp³-hybridized carbons (Fsp3) is 0.318. The van der Waals surface area contributed by atoms with Crippen molar-refractivity contribution in [2.24, 2.45) is 0 Å². The van der Waals surface area contributed by atoms with Gasteiger partial charge in [0.2, 0.25) is 0 Å². The topological polar surface area (TPSA) is 84.4 Å². The number of benzene rings is 2. The quantitative estimate of drug-likeness (QED) is 0.652. The number of nitrogens with one attached hydrogen (secondary N) is 1. The van der Waals surface area contributed by atoms with Gasteiger partial charge in [-0.05, 0) is 55.7 Å². The summed E-state index contributed by atoms with van der Waals surface area (Å²) in [5, 5.41) is 0. The van der Waals surface area contributed by atoms with Gasteiger partial charge in [0.1, 0.15) is 5.75 Å². The number of aryl methyl sites for hydroxylation is 1. The van der Waals surface area contributed by atoms with Crippen molar-refractivity contribution in [1.82, 2.24) is 14.5 Å². The predicted octanol–water partition coefficient (Wildman–Crippen LogP) is 2.52. The molecule has 0 saturated heterocycles. The highest BCUT2D eigenvalue weighted by Gasteiger charge is 2.33. The van der Waals surface area contributed by atoms with Gasteiger partial charge in [-0.2, -0.15) is 0 Å². The molecule has 0 spiro atoms. The normalized spacial score (nSPS) is 13.4. The maximum Gasteiger partial charge on any atom is 0.316 e. The van der Waals surface area contributed by atoms with Crippen molar-refractivity contribution in [3.63, 3.8) is 0 Å². The first-order valence-corrected chi connectivity index (χ1v) is 9.72. The molecule has 0 bridgehead atoms. The van der Waals surface area contributed by atoms with Crippen LogP contribution in [0.3, 0.4) is 0 Å². The fourth-order valence-corrected chi connectivity index (χ4v) is 3.57. The number of hydrogen-bond donors (Lipinski definition) is 1. The number of ether oxygens (including phenoxy) is 1. The summed E-state index contributed by atoms with van der Waals surface area (Å²) in [6.07, 6.45) is 1.98. The van der Waals surface area contributed by atoms with Crippen LogP contribution in [0.25, 0.3) is 11.0 Å². The summed E-state index contributed by atoms with van der Waals surface area (Å²) in [4.78, 5) is 41.7. The highest BCUT2D eigenvalue weighted by Crippen LogP contribution is 2.30. The summed E-state index contributed by atoms with van der Waals surface area (Å²) in [7, 11) is 1.62. The van der Waals surface area contributed by atoms with E-state index in [0.717, 1.165) is 24.2 Å². The zero-order valence-corrected chi connectivity index (χ0v) is 16.5. The monoisotopic (exact) mass is 393 g/mol. The minimum Gasteiger partial charge on any atom is -0.497 e. The number of aromatic nitrogens is 2. The second kappa shape index (κ2) is 7.58. The smallest absolute Gasteiger partial charge is 0.316 e. The molecule has 1 aliphatic rings. The van der Waals surface area contributed by atoms with E-state index in [9.17, 15) is 14.4 Å². The maximum atomic E-state index is 13.2. The Morgan fingerprint density at radius 1 is 1.17 bits per heavy atom. The Labute approximate surface area is 167 Å². The number of carbonyl (C=O) groups is 1. The molecule has 4 rings (SSSR count). The third kappa shape index (κ3) is 3.68. The zero-order valence-electron chi connectivity index (χ0n) is 16.5. The van der Waals surface area contributed by atoms with Crippen LogP contribution in [0, 0.1) is 0 Å². The third-order valence-corrected chi connectivity index (χ3v) is 5.30. The van der Waals surface area contributed by atoms with Crippen LogP contribution < -0.4 is 15.9 Å². The summed E-state index contributed by atoms with van der Waals surface area (Å²) in [5.74, 6) is 0.693. The molecule has 7 heteroatoms. The Kier molecular flexibility index (Phi) is 4.96. The molecule has 2 aromatic carbocycles. The maximum absolute atomic E-state index is 13.2. The van der Waals surface area contributed by atoms with Gasteiger partial charge >= 0.3 is 11.1 Å². The first-order chi connectivity index (χ1) is 14.0. The molecular weight excluding hydrogens is 370 g/mol. The molecule has 1 heterocycles. The lowest BCUT2D eigenvalue weighted by atomic mass is 10.1. The molecule has 0 radical (unpaired) electrons. The van der Waals surface area contributed by atoms with Gasteiger partial charge in [-0.15, -0.1) is 0 Å². The van der Waals surface area contributed by atoms with E-state index < -0.39 is 11.1 Å². The van der Waals surface area contributed by atoms with Gasteiger partial charge in [-0.1, -0.05) is 12.1 Å². The van der Waals surface area contributed by atoms with Crippen molar-refractivity contribution in [2.75, 3.05) is 7.11 Å². The largest absolute Gasteiger partial charge is 0.497 e. The number of fused-ring (bicyclic) bond motifs is 1. The average molecular weight is 393 g/mol. The van der Waals surface area contributed by atoms with Crippen molar-refractivity contribution in [1.29, 1.82) is 0 Å². The molecular formula is C22H23N3O4.